The minimum absolute atomic E-state index is 0.180. The van der Waals surface area contributed by atoms with Gasteiger partial charge in [0, 0.05) is 13.6 Å². The molecule has 0 heterocycles. The Kier molecular flexibility index (Phi) is 5.35. The van der Waals surface area contributed by atoms with Crippen LogP contribution in [0, 0.1) is 11.3 Å². The van der Waals surface area contributed by atoms with Crippen LogP contribution < -0.4 is 10.1 Å². The van der Waals surface area contributed by atoms with Crippen LogP contribution in [0.3, 0.4) is 0 Å². The van der Waals surface area contributed by atoms with Crippen molar-refractivity contribution in [3.8, 4) is 11.8 Å². The van der Waals surface area contributed by atoms with Gasteiger partial charge in [-0.2, -0.15) is 5.26 Å². The molecule has 6 heteroatoms. The first-order chi connectivity index (χ1) is 9.08. The Morgan fingerprint density at radius 2 is 2.00 bits per heavy atom. The van der Waals surface area contributed by atoms with E-state index in [9.17, 15) is 9.59 Å². The highest BCUT2D eigenvalue weighted by atomic mass is 16.5. The maximum atomic E-state index is 11.7. The zero-order chi connectivity index (χ0) is 14.3. The molecule has 1 rings (SSSR count). The third kappa shape index (κ3) is 4.32. The van der Waals surface area contributed by atoms with Gasteiger partial charge < -0.3 is 15.0 Å². The summed E-state index contributed by atoms with van der Waals surface area (Å²) in [5.41, 5.74) is 0.879. The third-order valence-electron chi connectivity index (χ3n) is 2.45. The quantitative estimate of drug-likeness (QED) is 0.624. The van der Waals surface area contributed by atoms with E-state index in [1.807, 2.05) is 12.1 Å². The molecule has 0 aliphatic carbocycles. The zero-order valence-electron chi connectivity index (χ0n) is 10.8. The lowest BCUT2D eigenvalue weighted by atomic mass is 10.2. The van der Waals surface area contributed by atoms with Crippen molar-refractivity contribution >= 4 is 11.8 Å². The number of hydrogen-bond acceptors (Lipinski definition) is 4. The van der Waals surface area contributed by atoms with Gasteiger partial charge in [0.25, 0.3) is 0 Å². The number of carbonyl (C=O) groups is 2. The molecular formula is C13H15N3O3. The van der Waals surface area contributed by atoms with E-state index < -0.39 is 11.8 Å². The van der Waals surface area contributed by atoms with Gasteiger partial charge in [0.15, 0.2) is 0 Å². The van der Waals surface area contributed by atoms with E-state index in [1.54, 1.807) is 25.3 Å². The monoisotopic (exact) mass is 261 g/mol. The van der Waals surface area contributed by atoms with E-state index in [0.717, 1.165) is 11.3 Å². The molecule has 0 saturated carbocycles. The number of carbonyl (C=O) groups excluding carboxylic acids is 2. The average molecular weight is 261 g/mol. The molecule has 0 saturated heterocycles. The summed E-state index contributed by atoms with van der Waals surface area (Å²) in [5, 5.41) is 10.5. The average Bonchev–Trinajstić information content (AvgIpc) is 2.44. The Balaban J connectivity index is 2.58. The lowest BCUT2D eigenvalue weighted by Crippen LogP contribution is -2.40. The molecule has 0 radical (unpaired) electrons. The van der Waals surface area contributed by atoms with Crippen molar-refractivity contribution < 1.29 is 14.3 Å². The fourth-order valence-electron chi connectivity index (χ4n) is 1.45. The number of nitriles is 1. The minimum Gasteiger partial charge on any atom is -0.497 e. The van der Waals surface area contributed by atoms with Crippen molar-refractivity contribution in [1.29, 1.82) is 5.26 Å². The summed E-state index contributed by atoms with van der Waals surface area (Å²) in [7, 11) is 3.10. The molecule has 6 nitrogen and oxygen atoms in total. The largest absolute Gasteiger partial charge is 0.497 e. The normalized spacial score (nSPS) is 9.32. The van der Waals surface area contributed by atoms with Crippen LogP contribution in [0.15, 0.2) is 24.3 Å². The summed E-state index contributed by atoms with van der Waals surface area (Å²) in [5.74, 6) is -0.729. The SMILES string of the molecule is COc1ccc(CN(C)C(=O)C(=O)NCC#N)cc1. The molecule has 0 spiro atoms. The molecular weight excluding hydrogens is 246 g/mol. The summed E-state index contributed by atoms with van der Waals surface area (Å²) >= 11 is 0. The van der Waals surface area contributed by atoms with Gasteiger partial charge >= 0.3 is 11.8 Å². The van der Waals surface area contributed by atoms with Crippen molar-refractivity contribution in [2.45, 2.75) is 6.54 Å². The number of amides is 2. The maximum Gasteiger partial charge on any atom is 0.311 e. The maximum absolute atomic E-state index is 11.7. The predicted octanol–water partition coefficient (Wildman–Crippen LogP) is 0.293. The van der Waals surface area contributed by atoms with Crippen molar-refractivity contribution in [3.05, 3.63) is 29.8 Å². The highest BCUT2D eigenvalue weighted by Gasteiger charge is 2.17. The molecule has 1 aromatic rings. The summed E-state index contributed by atoms with van der Waals surface area (Å²) in [6.07, 6.45) is 0. The van der Waals surface area contributed by atoms with Crippen LogP contribution in [0.25, 0.3) is 0 Å². The van der Waals surface area contributed by atoms with Crippen molar-refractivity contribution in [2.75, 3.05) is 20.7 Å². The van der Waals surface area contributed by atoms with Crippen LogP contribution in [0.2, 0.25) is 0 Å². The fourth-order valence-corrected chi connectivity index (χ4v) is 1.45. The molecule has 0 bridgehead atoms. The predicted molar refractivity (Wildman–Crippen MR) is 68.1 cm³/mol. The number of hydrogen-bond donors (Lipinski definition) is 1. The van der Waals surface area contributed by atoms with E-state index in [2.05, 4.69) is 5.32 Å². The Labute approximate surface area is 111 Å². The Bertz CT molecular complexity index is 491. The van der Waals surface area contributed by atoms with Gasteiger partial charge in [0.1, 0.15) is 12.3 Å². The molecule has 1 aromatic carbocycles. The summed E-state index contributed by atoms with van der Waals surface area (Å²) in [6.45, 7) is 0.129. The van der Waals surface area contributed by atoms with Gasteiger partial charge in [-0.15, -0.1) is 0 Å². The van der Waals surface area contributed by atoms with Crippen molar-refractivity contribution in [2.24, 2.45) is 0 Å². The first kappa shape index (κ1) is 14.5. The Morgan fingerprint density at radius 1 is 1.37 bits per heavy atom. The van der Waals surface area contributed by atoms with Crippen LogP contribution in [-0.2, 0) is 16.1 Å². The third-order valence-corrected chi connectivity index (χ3v) is 2.45. The van der Waals surface area contributed by atoms with Crippen LogP contribution in [-0.4, -0.2) is 37.4 Å². The van der Waals surface area contributed by atoms with E-state index in [1.165, 1.54) is 11.9 Å². The molecule has 19 heavy (non-hydrogen) atoms. The van der Waals surface area contributed by atoms with Crippen LogP contribution in [0.4, 0.5) is 0 Å². The number of benzene rings is 1. The van der Waals surface area contributed by atoms with E-state index in [0.29, 0.717) is 6.54 Å². The highest BCUT2D eigenvalue weighted by molar-refractivity contribution is 6.34. The van der Waals surface area contributed by atoms with Crippen LogP contribution in [0.5, 0.6) is 5.75 Å². The summed E-state index contributed by atoms with van der Waals surface area (Å²) in [6, 6.07) is 8.93. The minimum atomic E-state index is -0.780. The van der Waals surface area contributed by atoms with Gasteiger partial charge in [-0.25, -0.2) is 0 Å². The van der Waals surface area contributed by atoms with E-state index >= 15 is 0 Å². The Hall–Kier alpha value is -2.55. The first-order valence-electron chi connectivity index (χ1n) is 5.61. The molecule has 100 valence electrons. The van der Waals surface area contributed by atoms with Gasteiger partial charge in [-0.1, -0.05) is 12.1 Å². The number of likely N-dealkylation sites (N-methyl/N-ethyl adjacent to an activating group) is 1. The van der Waals surface area contributed by atoms with Gasteiger partial charge in [-0.3, -0.25) is 9.59 Å². The van der Waals surface area contributed by atoms with Crippen LogP contribution >= 0.6 is 0 Å². The molecule has 2 amide bonds. The molecule has 0 atom stereocenters. The molecule has 0 aromatic heterocycles. The summed E-state index contributed by atoms with van der Waals surface area (Å²) < 4.78 is 5.03. The second kappa shape index (κ2) is 7.01. The molecule has 0 aliphatic rings. The number of rotatable bonds is 4. The number of nitrogens with zero attached hydrogens (tertiary/aromatic N) is 2. The molecule has 1 N–H and O–H groups in total. The van der Waals surface area contributed by atoms with Crippen molar-refractivity contribution in [3.63, 3.8) is 0 Å². The topological polar surface area (TPSA) is 82.4 Å². The number of ether oxygens (including phenoxy) is 1. The lowest BCUT2D eigenvalue weighted by molar-refractivity contribution is -0.145. The zero-order valence-corrected chi connectivity index (χ0v) is 10.8. The lowest BCUT2D eigenvalue weighted by Gasteiger charge is -2.16. The van der Waals surface area contributed by atoms with Gasteiger partial charge in [0.05, 0.1) is 13.2 Å². The van der Waals surface area contributed by atoms with Gasteiger partial charge in [-0.05, 0) is 17.7 Å². The molecule has 0 fully saturated rings. The van der Waals surface area contributed by atoms with Crippen molar-refractivity contribution in [1.82, 2.24) is 10.2 Å². The highest BCUT2D eigenvalue weighted by Crippen LogP contribution is 2.12. The van der Waals surface area contributed by atoms with E-state index in [-0.39, 0.29) is 6.54 Å². The second-order valence-electron chi connectivity index (χ2n) is 3.85. The Morgan fingerprint density at radius 3 is 2.53 bits per heavy atom. The second-order valence-corrected chi connectivity index (χ2v) is 3.85. The fraction of sp³-hybridized carbons (Fsp3) is 0.308. The smallest absolute Gasteiger partial charge is 0.311 e. The van der Waals surface area contributed by atoms with Gasteiger partial charge in [0.2, 0.25) is 0 Å². The molecule has 0 aliphatic heterocycles. The number of nitrogens with one attached hydrogen (secondary N) is 1. The first-order valence-corrected chi connectivity index (χ1v) is 5.61. The molecule has 0 unspecified atom stereocenters. The standard InChI is InChI=1S/C13H15N3O3/c1-16(13(18)12(17)15-8-7-14)9-10-3-5-11(19-2)6-4-10/h3-6H,8-9H2,1-2H3,(H,15,17). The number of methoxy groups -OCH3 is 1. The van der Waals surface area contributed by atoms with Crippen LogP contribution in [0.1, 0.15) is 5.56 Å². The van der Waals surface area contributed by atoms with E-state index in [4.69, 9.17) is 10.00 Å². The summed E-state index contributed by atoms with van der Waals surface area (Å²) in [4.78, 5) is 24.3.